The first-order valence-electron chi connectivity index (χ1n) is 9.01. The highest BCUT2D eigenvalue weighted by atomic mass is 32.2. The summed E-state index contributed by atoms with van der Waals surface area (Å²) >= 11 is 2.95. The third-order valence-electron chi connectivity index (χ3n) is 3.92. The lowest BCUT2D eigenvalue weighted by Crippen LogP contribution is -2.29. The van der Waals surface area contributed by atoms with Crippen molar-refractivity contribution in [3.63, 3.8) is 0 Å². The molecule has 9 nitrogen and oxygen atoms in total. The normalized spacial score (nSPS) is 11.0. The Morgan fingerprint density at radius 1 is 1.24 bits per heavy atom. The number of carbonyl (C=O) groups excluding carboxylic acids is 1. The van der Waals surface area contributed by atoms with Crippen molar-refractivity contribution >= 4 is 46.3 Å². The number of ether oxygens (including phenoxy) is 1. The Bertz CT molecular complexity index is 937. The average molecular weight is 434 g/mol. The van der Waals surface area contributed by atoms with E-state index in [1.54, 1.807) is 30.4 Å². The minimum Gasteiger partial charge on any atom is -0.383 e. The quantitative estimate of drug-likeness (QED) is 0.266. The molecule has 0 atom stereocenters. The molecule has 0 aliphatic heterocycles. The first-order valence-corrected chi connectivity index (χ1v) is 11.2. The molecule has 29 heavy (non-hydrogen) atoms. The van der Waals surface area contributed by atoms with Crippen LogP contribution in [0, 0.1) is 0 Å². The highest BCUT2D eigenvalue weighted by molar-refractivity contribution is 8.00. The summed E-state index contributed by atoms with van der Waals surface area (Å²) in [7, 11) is 1.66. The van der Waals surface area contributed by atoms with E-state index in [1.807, 2.05) is 18.4 Å². The lowest BCUT2D eigenvalue weighted by atomic mass is 10.4. The van der Waals surface area contributed by atoms with E-state index in [-0.39, 0.29) is 5.91 Å². The van der Waals surface area contributed by atoms with Crippen molar-refractivity contribution in [1.29, 1.82) is 0 Å². The molecule has 3 aromatic heterocycles. The summed E-state index contributed by atoms with van der Waals surface area (Å²) in [5.41, 5.74) is 0.740. The number of nitrogens with zero attached hydrogens (tertiary/aromatic N) is 5. The van der Waals surface area contributed by atoms with Gasteiger partial charge in [-0.05, 0) is 18.4 Å². The van der Waals surface area contributed by atoms with Crippen LogP contribution in [0.15, 0.2) is 40.8 Å². The van der Waals surface area contributed by atoms with E-state index in [1.165, 1.54) is 23.5 Å². The summed E-state index contributed by atoms with van der Waals surface area (Å²) in [6.07, 6.45) is 7.11. The molecule has 0 fully saturated rings. The van der Waals surface area contributed by atoms with Crippen LogP contribution in [-0.2, 0) is 16.1 Å². The molecule has 1 amide bonds. The fraction of sp³-hybridized carbons (Fsp3) is 0.389. The van der Waals surface area contributed by atoms with Gasteiger partial charge in [-0.25, -0.2) is 14.6 Å². The van der Waals surface area contributed by atoms with Crippen LogP contribution in [-0.4, -0.2) is 69.5 Å². The van der Waals surface area contributed by atoms with Crippen LogP contribution in [0.3, 0.4) is 0 Å². The van der Waals surface area contributed by atoms with E-state index in [4.69, 9.17) is 4.74 Å². The number of hydrogen-bond acceptors (Lipinski definition) is 9. The van der Waals surface area contributed by atoms with Gasteiger partial charge in [0, 0.05) is 37.5 Å². The molecular formula is C18H23N7O2S2. The zero-order valence-corrected chi connectivity index (χ0v) is 17.9. The molecule has 0 aliphatic rings. The van der Waals surface area contributed by atoms with Gasteiger partial charge in [0.25, 0.3) is 0 Å². The van der Waals surface area contributed by atoms with Crippen molar-refractivity contribution in [2.45, 2.75) is 16.6 Å². The van der Waals surface area contributed by atoms with Crippen LogP contribution in [0.1, 0.15) is 0 Å². The fourth-order valence-electron chi connectivity index (χ4n) is 2.53. The number of pyridine rings is 1. The van der Waals surface area contributed by atoms with Gasteiger partial charge in [0.1, 0.15) is 5.82 Å². The predicted molar refractivity (Wildman–Crippen MR) is 115 cm³/mol. The van der Waals surface area contributed by atoms with Crippen LogP contribution in [0.5, 0.6) is 0 Å². The van der Waals surface area contributed by atoms with Gasteiger partial charge in [0.05, 0.1) is 30.5 Å². The topological polar surface area (TPSA) is 107 Å². The SMILES string of the molecule is COCCNc1nc(SC)nc2c1cnn2CCNC(=O)CSc1ccncc1. The maximum absolute atomic E-state index is 12.1. The number of thioether (sulfide) groups is 2. The van der Waals surface area contributed by atoms with Crippen molar-refractivity contribution in [2.24, 2.45) is 0 Å². The number of aromatic nitrogens is 5. The second-order valence-corrected chi connectivity index (χ2v) is 7.73. The average Bonchev–Trinajstić information content (AvgIpc) is 3.16. The minimum atomic E-state index is -0.0235. The number of anilines is 1. The maximum atomic E-state index is 12.1. The fourth-order valence-corrected chi connectivity index (χ4v) is 3.61. The summed E-state index contributed by atoms with van der Waals surface area (Å²) < 4.78 is 6.87. The van der Waals surface area contributed by atoms with Crippen LogP contribution in [0.4, 0.5) is 5.82 Å². The summed E-state index contributed by atoms with van der Waals surface area (Å²) in [5, 5.41) is 12.1. The molecule has 3 heterocycles. The third kappa shape index (κ3) is 6.05. The maximum Gasteiger partial charge on any atom is 0.230 e. The summed E-state index contributed by atoms with van der Waals surface area (Å²) in [5.74, 6) is 1.07. The molecular weight excluding hydrogens is 410 g/mol. The van der Waals surface area contributed by atoms with E-state index < -0.39 is 0 Å². The van der Waals surface area contributed by atoms with Crippen molar-refractivity contribution in [1.82, 2.24) is 30.0 Å². The van der Waals surface area contributed by atoms with E-state index in [0.717, 1.165) is 21.7 Å². The predicted octanol–water partition coefficient (Wildman–Crippen LogP) is 1.91. The van der Waals surface area contributed by atoms with Gasteiger partial charge < -0.3 is 15.4 Å². The van der Waals surface area contributed by atoms with Crippen molar-refractivity contribution < 1.29 is 9.53 Å². The van der Waals surface area contributed by atoms with Gasteiger partial charge in [0.15, 0.2) is 10.8 Å². The molecule has 11 heteroatoms. The molecule has 0 saturated heterocycles. The minimum absolute atomic E-state index is 0.0235. The van der Waals surface area contributed by atoms with Gasteiger partial charge in [-0.2, -0.15) is 5.10 Å². The van der Waals surface area contributed by atoms with Gasteiger partial charge >= 0.3 is 0 Å². The Hall–Kier alpha value is -2.37. The van der Waals surface area contributed by atoms with Gasteiger partial charge in [0.2, 0.25) is 5.91 Å². The van der Waals surface area contributed by atoms with Crippen LogP contribution in [0.2, 0.25) is 0 Å². The van der Waals surface area contributed by atoms with Gasteiger partial charge in [-0.15, -0.1) is 11.8 Å². The molecule has 0 unspecified atom stereocenters. The highest BCUT2D eigenvalue weighted by Gasteiger charge is 2.13. The molecule has 154 valence electrons. The standard InChI is InChI=1S/C18H23N7O2S2/c1-27-10-8-21-16-14-11-22-25(17(14)24-18(23-16)28-2)9-7-20-15(26)12-29-13-3-5-19-6-4-13/h3-6,11H,7-10,12H2,1-2H3,(H,20,26)(H,21,23,24). The molecule has 0 radical (unpaired) electrons. The van der Waals surface area contributed by atoms with E-state index in [9.17, 15) is 4.79 Å². The number of amides is 1. The molecule has 0 saturated carbocycles. The van der Waals surface area contributed by atoms with Gasteiger partial charge in [-0.1, -0.05) is 11.8 Å². The van der Waals surface area contributed by atoms with Crippen molar-refractivity contribution in [2.75, 3.05) is 44.1 Å². The van der Waals surface area contributed by atoms with E-state index in [2.05, 4.69) is 30.7 Å². The molecule has 0 bridgehead atoms. The van der Waals surface area contributed by atoms with E-state index in [0.29, 0.717) is 37.2 Å². The largest absolute Gasteiger partial charge is 0.383 e. The first-order chi connectivity index (χ1) is 14.2. The highest BCUT2D eigenvalue weighted by Crippen LogP contribution is 2.23. The van der Waals surface area contributed by atoms with Gasteiger partial charge in [-0.3, -0.25) is 9.78 Å². The molecule has 2 N–H and O–H groups in total. The number of rotatable bonds is 11. The number of fused-ring (bicyclic) bond motifs is 1. The van der Waals surface area contributed by atoms with Crippen LogP contribution >= 0.6 is 23.5 Å². The number of methoxy groups -OCH3 is 1. The Kier molecular flexibility index (Phi) is 8.08. The first kappa shape index (κ1) is 21.3. The molecule has 0 aromatic carbocycles. The molecule has 3 rings (SSSR count). The lowest BCUT2D eigenvalue weighted by molar-refractivity contribution is -0.118. The smallest absolute Gasteiger partial charge is 0.230 e. The Balaban J connectivity index is 1.58. The monoisotopic (exact) mass is 433 g/mol. The number of nitrogens with one attached hydrogen (secondary N) is 2. The molecule has 3 aromatic rings. The second kappa shape index (κ2) is 11.0. The summed E-state index contributed by atoms with van der Waals surface area (Å²) in [6.45, 7) is 2.22. The number of hydrogen-bond donors (Lipinski definition) is 2. The van der Waals surface area contributed by atoms with Crippen molar-refractivity contribution in [3.8, 4) is 0 Å². The Labute approximate surface area is 177 Å². The lowest BCUT2D eigenvalue weighted by Gasteiger charge is -2.09. The van der Waals surface area contributed by atoms with Crippen molar-refractivity contribution in [3.05, 3.63) is 30.7 Å². The zero-order chi connectivity index (χ0) is 20.5. The van der Waals surface area contributed by atoms with Crippen LogP contribution in [0.25, 0.3) is 11.0 Å². The third-order valence-corrected chi connectivity index (χ3v) is 5.48. The molecule has 0 aliphatic carbocycles. The molecule has 0 spiro atoms. The second-order valence-electron chi connectivity index (χ2n) is 5.91. The summed E-state index contributed by atoms with van der Waals surface area (Å²) in [6, 6.07) is 3.77. The zero-order valence-electron chi connectivity index (χ0n) is 16.3. The Morgan fingerprint density at radius 3 is 2.83 bits per heavy atom. The summed E-state index contributed by atoms with van der Waals surface area (Å²) in [4.78, 5) is 26.2. The van der Waals surface area contributed by atoms with E-state index >= 15 is 0 Å². The Morgan fingerprint density at radius 2 is 2.07 bits per heavy atom. The van der Waals surface area contributed by atoms with Crippen LogP contribution < -0.4 is 10.6 Å². The number of carbonyl (C=O) groups is 1.